The summed E-state index contributed by atoms with van der Waals surface area (Å²) >= 11 is 6.16. The molecule has 1 heterocycles. The lowest BCUT2D eigenvalue weighted by Gasteiger charge is -2.18. The fourth-order valence-corrected chi connectivity index (χ4v) is 5.14. The van der Waals surface area contributed by atoms with E-state index in [4.69, 9.17) is 0 Å². The van der Waals surface area contributed by atoms with E-state index in [1.165, 1.54) is 17.9 Å². The van der Waals surface area contributed by atoms with Gasteiger partial charge in [0.25, 0.3) is 0 Å². The summed E-state index contributed by atoms with van der Waals surface area (Å²) in [7, 11) is 4.01. The summed E-state index contributed by atoms with van der Waals surface area (Å²) in [5, 5.41) is 1.87. The number of thiol groups is 1. The third-order valence-corrected chi connectivity index (χ3v) is 5.37. The van der Waals surface area contributed by atoms with Gasteiger partial charge in [0.15, 0.2) is 0 Å². The zero-order valence-electron chi connectivity index (χ0n) is 5.08. The molecule has 0 N–H and O–H groups in total. The molecule has 9 heavy (non-hydrogen) atoms. The monoisotopic (exact) mass is 198 g/mol. The van der Waals surface area contributed by atoms with Crippen LogP contribution >= 0.6 is 46.0 Å². The molecule has 1 fully saturated rings. The molecule has 0 aromatic carbocycles. The molecular formula is C5H10S4. The highest BCUT2D eigenvalue weighted by Gasteiger charge is 2.12. The fourth-order valence-electron chi connectivity index (χ4n) is 0.683. The van der Waals surface area contributed by atoms with Crippen molar-refractivity contribution in [3.63, 3.8) is 0 Å². The first-order chi connectivity index (χ1) is 4.43. The van der Waals surface area contributed by atoms with Crippen molar-refractivity contribution in [1.29, 1.82) is 0 Å². The predicted molar refractivity (Wildman–Crippen MR) is 54.8 cm³/mol. The first-order valence-electron chi connectivity index (χ1n) is 2.90. The minimum absolute atomic E-state index is 0.883. The van der Waals surface area contributed by atoms with E-state index in [1.807, 2.05) is 33.3 Å². The average Bonchev–Trinajstić information content (AvgIpc) is 1.91. The van der Waals surface area contributed by atoms with Crippen molar-refractivity contribution in [3.05, 3.63) is 0 Å². The molecule has 0 saturated carbocycles. The second-order valence-corrected chi connectivity index (χ2v) is 6.47. The highest BCUT2D eigenvalue weighted by atomic mass is 33.1. The molecule has 54 valence electrons. The highest BCUT2D eigenvalue weighted by Crippen LogP contribution is 2.34. The third kappa shape index (κ3) is 3.35. The molecule has 0 aliphatic carbocycles. The van der Waals surface area contributed by atoms with Crippen LogP contribution in [0, 0.1) is 0 Å². The number of rotatable bonds is 2. The number of hydrogen-bond donors (Lipinski definition) is 1. The van der Waals surface area contributed by atoms with Gasteiger partial charge in [0.05, 0.1) is 0 Å². The minimum atomic E-state index is 0.883. The quantitative estimate of drug-likeness (QED) is 0.412. The Kier molecular flexibility index (Phi) is 4.82. The molecule has 0 radical (unpaired) electrons. The molecule has 1 aliphatic heterocycles. The minimum Gasteiger partial charge on any atom is -0.168 e. The largest absolute Gasteiger partial charge is 0.168 e. The molecule has 4 heteroatoms. The number of hydrogen-bond acceptors (Lipinski definition) is 4. The van der Waals surface area contributed by atoms with E-state index < -0.39 is 0 Å². The lowest BCUT2D eigenvalue weighted by molar-refractivity contribution is 0.928. The molecule has 1 atom stereocenters. The first-order valence-corrected chi connectivity index (χ1v) is 7.07. The second-order valence-electron chi connectivity index (χ2n) is 1.81. The van der Waals surface area contributed by atoms with E-state index in [2.05, 4.69) is 12.6 Å². The van der Waals surface area contributed by atoms with Gasteiger partial charge in [-0.1, -0.05) is 21.6 Å². The Morgan fingerprint density at radius 2 is 2.44 bits per heavy atom. The summed E-state index contributed by atoms with van der Waals surface area (Å²) in [6.45, 7) is 0. The van der Waals surface area contributed by atoms with Crippen molar-refractivity contribution in [3.8, 4) is 0 Å². The molecule has 1 saturated heterocycles. The average molecular weight is 198 g/mol. The summed E-state index contributed by atoms with van der Waals surface area (Å²) in [5.74, 6) is 2.64. The van der Waals surface area contributed by atoms with Crippen molar-refractivity contribution in [2.75, 3.05) is 16.6 Å². The molecule has 0 bridgehead atoms. The lowest BCUT2D eigenvalue weighted by Crippen LogP contribution is -2.10. The maximum absolute atomic E-state index is 4.18. The van der Waals surface area contributed by atoms with E-state index in [9.17, 15) is 0 Å². The van der Waals surface area contributed by atoms with Gasteiger partial charge < -0.3 is 0 Å². The molecule has 0 amide bonds. The maximum atomic E-state index is 4.18. The van der Waals surface area contributed by atoms with E-state index in [1.54, 1.807) is 0 Å². The van der Waals surface area contributed by atoms with Crippen LogP contribution in [0.25, 0.3) is 0 Å². The van der Waals surface area contributed by atoms with E-state index >= 15 is 0 Å². The Bertz CT molecular complexity index is 66.6. The fraction of sp³-hybridized carbons (Fsp3) is 1.00. The Labute approximate surface area is 74.1 Å². The smallest absolute Gasteiger partial charge is 0.0364 e. The number of thioether (sulfide) groups is 1. The molecule has 0 spiro atoms. The Morgan fingerprint density at radius 1 is 1.56 bits per heavy atom. The summed E-state index contributed by atoms with van der Waals surface area (Å²) < 4.78 is 0. The molecule has 0 nitrogen and oxygen atoms in total. The van der Waals surface area contributed by atoms with Crippen LogP contribution in [0.4, 0.5) is 0 Å². The SMILES string of the molecule is SCSC1CCSSC1. The van der Waals surface area contributed by atoms with E-state index in [-0.39, 0.29) is 0 Å². The third-order valence-electron chi connectivity index (χ3n) is 1.17. The van der Waals surface area contributed by atoms with Crippen LogP contribution in [0.3, 0.4) is 0 Å². The summed E-state index contributed by atoms with van der Waals surface area (Å²) in [5.41, 5.74) is 0. The molecule has 0 aromatic heterocycles. The zero-order valence-corrected chi connectivity index (χ0v) is 8.42. The van der Waals surface area contributed by atoms with Crippen LogP contribution in [0.2, 0.25) is 0 Å². The summed E-state index contributed by atoms with van der Waals surface area (Å²) in [6, 6.07) is 0. The van der Waals surface area contributed by atoms with Gasteiger partial charge >= 0.3 is 0 Å². The summed E-state index contributed by atoms with van der Waals surface area (Å²) in [6.07, 6.45) is 1.38. The van der Waals surface area contributed by atoms with Crippen LogP contribution in [-0.2, 0) is 0 Å². The van der Waals surface area contributed by atoms with Crippen LogP contribution < -0.4 is 0 Å². The van der Waals surface area contributed by atoms with E-state index in [0.717, 1.165) is 10.3 Å². The standard InChI is InChI=1S/C5H10S4/c6-4-7-5-1-2-8-9-3-5/h5-6H,1-4H2. The van der Waals surface area contributed by atoms with Gasteiger partial charge in [-0.15, -0.1) is 11.8 Å². The van der Waals surface area contributed by atoms with Crippen LogP contribution in [0.1, 0.15) is 6.42 Å². The van der Waals surface area contributed by atoms with Crippen LogP contribution in [0.15, 0.2) is 0 Å². The van der Waals surface area contributed by atoms with Gasteiger partial charge in [-0.2, -0.15) is 12.6 Å². The van der Waals surface area contributed by atoms with E-state index in [0.29, 0.717) is 0 Å². The summed E-state index contributed by atoms with van der Waals surface area (Å²) in [4.78, 5) is 0. The molecule has 1 rings (SSSR count). The van der Waals surface area contributed by atoms with Crippen molar-refractivity contribution in [2.45, 2.75) is 11.7 Å². The van der Waals surface area contributed by atoms with Gasteiger partial charge in [0, 0.05) is 21.8 Å². The van der Waals surface area contributed by atoms with Gasteiger partial charge in [0.2, 0.25) is 0 Å². The van der Waals surface area contributed by atoms with Crippen molar-refractivity contribution in [1.82, 2.24) is 0 Å². The predicted octanol–water partition coefficient (Wildman–Crippen LogP) is 2.76. The Balaban J connectivity index is 2.08. The Hall–Kier alpha value is 1.40. The van der Waals surface area contributed by atoms with Gasteiger partial charge in [-0.3, -0.25) is 0 Å². The normalized spacial score (nSPS) is 28.3. The first kappa shape index (κ1) is 8.50. The molecular weight excluding hydrogens is 188 g/mol. The van der Waals surface area contributed by atoms with Gasteiger partial charge in [-0.25, -0.2) is 0 Å². The molecule has 1 unspecified atom stereocenters. The maximum Gasteiger partial charge on any atom is 0.0364 e. The molecule has 0 aromatic rings. The Morgan fingerprint density at radius 3 is 3.00 bits per heavy atom. The van der Waals surface area contributed by atoms with Crippen LogP contribution in [-0.4, -0.2) is 21.8 Å². The van der Waals surface area contributed by atoms with Crippen molar-refractivity contribution < 1.29 is 0 Å². The van der Waals surface area contributed by atoms with Gasteiger partial charge in [-0.05, 0) is 6.42 Å². The zero-order chi connectivity index (χ0) is 6.53. The molecule has 1 aliphatic rings. The highest BCUT2D eigenvalue weighted by molar-refractivity contribution is 8.76. The second kappa shape index (κ2) is 5.10. The lowest BCUT2D eigenvalue weighted by atomic mass is 10.4. The van der Waals surface area contributed by atoms with Gasteiger partial charge in [0.1, 0.15) is 0 Å². The van der Waals surface area contributed by atoms with Crippen molar-refractivity contribution >= 4 is 46.0 Å². The topological polar surface area (TPSA) is 0 Å². The van der Waals surface area contributed by atoms with Crippen LogP contribution in [0.5, 0.6) is 0 Å². The van der Waals surface area contributed by atoms with Crippen molar-refractivity contribution in [2.24, 2.45) is 0 Å².